The zero-order valence-corrected chi connectivity index (χ0v) is 26.8. The zero-order chi connectivity index (χ0) is 33.8. The SMILES string of the molecule is CC(=O)O[C@H]1[C@H](OC(=O)c2ccccc2)C[C@](C)(O)[C@]23OC(C)(C)[C@H](C[C@H](OC(=O)c4ccco4)[C@]12C)[C@H]3OC(=O)c1ccccc1. The highest BCUT2D eigenvalue weighted by Gasteiger charge is 2.84. The predicted octanol–water partition coefficient (Wildman–Crippen LogP) is 4.92. The predicted molar refractivity (Wildman–Crippen MR) is 164 cm³/mol. The standard InChI is InChI=1S/C36H38O11/c1-21(37)43-29-26(44-30(38)22-13-8-6-9-14-22)20-34(4,41)36-28(46-31(39)23-15-10-7-11-16-23)24(33(2,3)47-36)19-27(35(29,36)5)45-32(40)25-17-12-18-42-25/h6-18,24,26-29,41H,19-20H2,1-5H3/t24-,26-,27+,28-,29+,34+,35-,36+/m1/s1. The summed E-state index contributed by atoms with van der Waals surface area (Å²) in [4.78, 5) is 53.3. The summed E-state index contributed by atoms with van der Waals surface area (Å²) in [6.45, 7) is 7.99. The van der Waals surface area contributed by atoms with Crippen LogP contribution in [0.25, 0.3) is 0 Å². The van der Waals surface area contributed by atoms with Crippen LogP contribution < -0.4 is 0 Å². The lowest BCUT2D eigenvalue weighted by atomic mass is 9.47. The summed E-state index contributed by atoms with van der Waals surface area (Å²) in [5, 5.41) is 12.6. The molecule has 1 saturated heterocycles. The number of furan rings is 1. The van der Waals surface area contributed by atoms with Crippen molar-refractivity contribution in [3.8, 4) is 0 Å². The molecule has 11 heteroatoms. The molecule has 0 unspecified atom stereocenters. The van der Waals surface area contributed by atoms with Gasteiger partial charge in [0.1, 0.15) is 23.9 Å². The van der Waals surface area contributed by atoms with E-state index in [1.54, 1.807) is 73.7 Å². The minimum Gasteiger partial charge on any atom is -0.458 e. The Kier molecular flexibility index (Phi) is 8.04. The number of ether oxygens (including phenoxy) is 5. The van der Waals surface area contributed by atoms with Gasteiger partial charge in [-0.3, -0.25) is 4.79 Å². The van der Waals surface area contributed by atoms with Gasteiger partial charge >= 0.3 is 23.9 Å². The fraction of sp³-hybridized carbons (Fsp3) is 0.444. The van der Waals surface area contributed by atoms with Crippen LogP contribution in [-0.2, 0) is 28.5 Å². The molecule has 3 fully saturated rings. The van der Waals surface area contributed by atoms with Gasteiger partial charge in [0.15, 0.2) is 6.10 Å². The number of hydrogen-bond donors (Lipinski definition) is 1. The van der Waals surface area contributed by atoms with Crippen molar-refractivity contribution in [1.82, 2.24) is 0 Å². The molecular weight excluding hydrogens is 608 g/mol. The van der Waals surface area contributed by atoms with Gasteiger partial charge in [0.25, 0.3) is 0 Å². The van der Waals surface area contributed by atoms with E-state index in [0.717, 1.165) is 0 Å². The molecule has 0 amide bonds. The first kappa shape index (κ1) is 32.5. The van der Waals surface area contributed by atoms with E-state index in [2.05, 4.69) is 0 Å². The van der Waals surface area contributed by atoms with Crippen LogP contribution in [-0.4, -0.2) is 70.2 Å². The summed E-state index contributed by atoms with van der Waals surface area (Å²) in [7, 11) is 0. The van der Waals surface area contributed by atoms with E-state index < -0.39 is 76.4 Å². The third-order valence-electron chi connectivity index (χ3n) is 10.1. The van der Waals surface area contributed by atoms with Crippen molar-refractivity contribution >= 4 is 23.9 Å². The number of carbonyl (C=O) groups excluding carboxylic acids is 4. The average molecular weight is 647 g/mol. The van der Waals surface area contributed by atoms with E-state index in [9.17, 15) is 24.3 Å². The molecule has 6 rings (SSSR count). The van der Waals surface area contributed by atoms with E-state index >= 15 is 0 Å². The number of esters is 4. The molecule has 2 aromatic carbocycles. The number of benzene rings is 2. The molecule has 3 aliphatic rings. The van der Waals surface area contributed by atoms with Crippen LogP contribution >= 0.6 is 0 Å². The van der Waals surface area contributed by atoms with Gasteiger partial charge in [0.2, 0.25) is 5.76 Å². The van der Waals surface area contributed by atoms with Gasteiger partial charge < -0.3 is 33.2 Å². The maximum absolute atomic E-state index is 13.7. The lowest BCUT2D eigenvalue weighted by Gasteiger charge is -2.65. The van der Waals surface area contributed by atoms with E-state index in [-0.39, 0.29) is 29.7 Å². The molecule has 11 nitrogen and oxygen atoms in total. The average Bonchev–Trinajstić information content (AvgIpc) is 3.63. The van der Waals surface area contributed by atoms with Crippen molar-refractivity contribution in [1.29, 1.82) is 0 Å². The van der Waals surface area contributed by atoms with Crippen LogP contribution in [0.2, 0.25) is 0 Å². The monoisotopic (exact) mass is 646 g/mol. The summed E-state index contributed by atoms with van der Waals surface area (Å²) < 4.78 is 36.7. The van der Waals surface area contributed by atoms with Gasteiger partial charge in [-0.2, -0.15) is 0 Å². The molecular formula is C36H38O11. The van der Waals surface area contributed by atoms with Crippen LogP contribution in [0.1, 0.15) is 78.7 Å². The smallest absolute Gasteiger partial charge is 0.374 e. The quantitative estimate of drug-likeness (QED) is 0.276. The number of aliphatic hydroxyl groups is 1. The largest absolute Gasteiger partial charge is 0.458 e. The van der Waals surface area contributed by atoms with Crippen molar-refractivity contribution in [2.75, 3.05) is 0 Å². The Morgan fingerprint density at radius 3 is 1.89 bits per heavy atom. The number of hydrogen-bond acceptors (Lipinski definition) is 11. The van der Waals surface area contributed by atoms with Crippen molar-refractivity contribution < 1.29 is 52.4 Å². The molecule has 2 bridgehead atoms. The van der Waals surface area contributed by atoms with Crippen molar-refractivity contribution in [3.63, 3.8) is 0 Å². The van der Waals surface area contributed by atoms with Crippen LogP contribution in [0.3, 0.4) is 0 Å². The van der Waals surface area contributed by atoms with Crippen LogP contribution in [0, 0.1) is 11.3 Å². The van der Waals surface area contributed by atoms with E-state index in [0.29, 0.717) is 0 Å². The van der Waals surface area contributed by atoms with Crippen molar-refractivity contribution in [2.45, 2.75) is 88.7 Å². The minimum atomic E-state index is -1.90. The second-order valence-electron chi connectivity index (χ2n) is 13.4. The molecule has 8 atom stereocenters. The lowest BCUT2D eigenvalue weighted by Crippen LogP contribution is -2.81. The summed E-state index contributed by atoms with van der Waals surface area (Å²) in [5.41, 5.74) is -5.89. The van der Waals surface area contributed by atoms with Gasteiger partial charge in [-0.1, -0.05) is 36.4 Å². The van der Waals surface area contributed by atoms with Crippen LogP contribution in [0.4, 0.5) is 0 Å². The summed E-state index contributed by atoms with van der Waals surface area (Å²) in [5.74, 6) is -3.51. The third-order valence-corrected chi connectivity index (χ3v) is 10.1. The summed E-state index contributed by atoms with van der Waals surface area (Å²) in [6.07, 6.45) is -3.61. The molecule has 47 heavy (non-hydrogen) atoms. The molecule has 2 heterocycles. The van der Waals surface area contributed by atoms with Crippen molar-refractivity contribution in [2.24, 2.45) is 11.3 Å². The number of rotatable bonds is 7. The summed E-state index contributed by atoms with van der Waals surface area (Å²) >= 11 is 0. The summed E-state index contributed by atoms with van der Waals surface area (Å²) in [6, 6.07) is 19.7. The highest BCUT2D eigenvalue weighted by Crippen LogP contribution is 2.69. The minimum absolute atomic E-state index is 0.0635. The molecule has 1 aromatic heterocycles. The Bertz CT molecular complexity index is 1650. The van der Waals surface area contributed by atoms with Crippen molar-refractivity contribution in [3.05, 3.63) is 95.9 Å². The third kappa shape index (κ3) is 5.21. The molecule has 2 saturated carbocycles. The molecule has 248 valence electrons. The van der Waals surface area contributed by atoms with Crippen LogP contribution in [0.5, 0.6) is 0 Å². The highest BCUT2D eigenvalue weighted by atomic mass is 16.6. The number of fused-ring (bicyclic) bond motifs is 1. The zero-order valence-electron chi connectivity index (χ0n) is 26.8. The topological polar surface area (TPSA) is 148 Å². The van der Waals surface area contributed by atoms with Gasteiger partial charge in [0.05, 0.1) is 34.0 Å². The first-order valence-electron chi connectivity index (χ1n) is 15.6. The maximum Gasteiger partial charge on any atom is 0.374 e. The molecule has 2 aliphatic carbocycles. The Labute approximate surface area is 272 Å². The van der Waals surface area contributed by atoms with E-state index in [1.807, 2.05) is 13.8 Å². The fourth-order valence-electron chi connectivity index (χ4n) is 8.10. The van der Waals surface area contributed by atoms with Gasteiger partial charge in [-0.15, -0.1) is 0 Å². The Morgan fingerprint density at radius 2 is 1.34 bits per heavy atom. The highest BCUT2D eigenvalue weighted by molar-refractivity contribution is 5.90. The van der Waals surface area contributed by atoms with E-state index in [4.69, 9.17) is 28.1 Å². The fourth-order valence-corrected chi connectivity index (χ4v) is 8.10. The Morgan fingerprint density at radius 1 is 0.745 bits per heavy atom. The first-order chi connectivity index (χ1) is 22.2. The Hall–Kier alpha value is -4.48. The molecule has 1 N–H and O–H groups in total. The second kappa shape index (κ2) is 11.6. The lowest BCUT2D eigenvalue weighted by molar-refractivity contribution is -0.342. The normalized spacial score (nSPS) is 33.6. The molecule has 0 radical (unpaired) electrons. The molecule has 1 spiro atoms. The first-order valence-corrected chi connectivity index (χ1v) is 15.6. The van der Waals surface area contributed by atoms with Crippen LogP contribution in [0.15, 0.2) is 83.5 Å². The van der Waals surface area contributed by atoms with Gasteiger partial charge in [-0.05, 0) is 70.5 Å². The number of carbonyl (C=O) groups is 4. The Balaban J connectivity index is 1.51. The molecule has 3 aromatic rings. The molecule has 1 aliphatic heterocycles. The van der Waals surface area contributed by atoms with Gasteiger partial charge in [0, 0.05) is 19.3 Å². The maximum atomic E-state index is 13.7. The second-order valence-corrected chi connectivity index (χ2v) is 13.4. The van der Waals surface area contributed by atoms with E-state index in [1.165, 1.54) is 26.2 Å². The van der Waals surface area contributed by atoms with Gasteiger partial charge in [-0.25, -0.2) is 14.4 Å².